The van der Waals surface area contributed by atoms with Gasteiger partial charge in [0.25, 0.3) is 0 Å². The number of hydrogen-bond acceptors (Lipinski definition) is 3. The first-order chi connectivity index (χ1) is 24.7. The summed E-state index contributed by atoms with van der Waals surface area (Å²) in [6, 6.07) is -0.616. The van der Waals surface area contributed by atoms with Gasteiger partial charge in [0.15, 0.2) is 0 Å². The number of aliphatic hydroxyl groups excluding tert-OH is 2. The average Bonchev–Trinajstić information content (AvgIpc) is 3.12. The highest BCUT2D eigenvalue weighted by molar-refractivity contribution is 5.76. The number of carbonyl (C=O) groups excluding carboxylic acids is 1. The van der Waals surface area contributed by atoms with Crippen molar-refractivity contribution in [2.45, 2.75) is 219 Å². The van der Waals surface area contributed by atoms with Crippen LogP contribution in [0.1, 0.15) is 206 Å². The van der Waals surface area contributed by atoms with E-state index < -0.39 is 12.1 Å². The quantitative estimate of drug-likeness (QED) is 0.0444. The fraction of sp³-hybridized carbons (Fsp3) is 0.761. The lowest BCUT2D eigenvalue weighted by molar-refractivity contribution is -0.123. The van der Waals surface area contributed by atoms with Gasteiger partial charge in [-0.2, -0.15) is 0 Å². The molecule has 0 aliphatic rings. The van der Waals surface area contributed by atoms with E-state index >= 15 is 0 Å². The molecule has 0 rings (SSSR count). The maximum absolute atomic E-state index is 12.2. The predicted octanol–water partition coefficient (Wildman–Crippen LogP) is 13.3. The molecule has 0 radical (unpaired) electrons. The van der Waals surface area contributed by atoms with Gasteiger partial charge in [-0.15, -0.1) is 0 Å². The first kappa shape index (κ1) is 48.1. The highest BCUT2D eigenvalue weighted by Crippen LogP contribution is 2.16. The molecule has 0 spiro atoms. The van der Waals surface area contributed by atoms with Gasteiger partial charge in [-0.1, -0.05) is 209 Å². The minimum Gasteiger partial charge on any atom is -0.394 e. The van der Waals surface area contributed by atoms with Gasteiger partial charge < -0.3 is 15.5 Å². The minimum absolute atomic E-state index is 0.0756. The normalized spacial score (nSPS) is 13.6. The van der Waals surface area contributed by atoms with Crippen molar-refractivity contribution in [1.82, 2.24) is 5.32 Å². The van der Waals surface area contributed by atoms with Gasteiger partial charge in [0, 0.05) is 6.42 Å². The van der Waals surface area contributed by atoms with Crippen LogP contribution in [0.2, 0.25) is 0 Å². The van der Waals surface area contributed by atoms with Crippen LogP contribution in [-0.2, 0) is 4.79 Å². The molecular weight excluding hydrogens is 615 g/mol. The van der Waals surface area contributed by atoms with Crippen molar-refractivity contribution < 1.29 is 15.0 Å². The summed E-state index contributed by atoms with van der Waals surface area (Å²) in [7, 11) is 0. The van der Waals surface area contributed by atoms with Crippen LogP contribution in [0.3, 0.4) is 0 Å². The Morgan fingerprint density at radius 2 is 0.880 bits per heavy atom. The molecule has 0 bridgehead atoms. The number of unbranched alkanes of at least 4 members (excludes halogenated alkanes) is 23. The van der Waals surface area contributed by atoms with Crippen LogP contribution >= 0.6 is 0 Å². The molecule has 0 aromatic heterocycles. The molecule has 2 atom stereocenters. The molecule has 3 N–H and O–H groups in total. The van der Waals surface area contributed by atoms with E-state index in [0.717, 1.165) is 51.4 Å². The van der Waals surface area contributed by atoms with Gasteiger partial charge in [0.05, 0.1) is 18.8 Å². The monoisotopic (exact) mass is 698 g/mol. The van der Waals surface area contributed by atoms with Crippen molar-refractivity contribution in [1.29, 1.82) is 0 Å². The Labute approximate surface area is 311 Å². The van der Waals surface area contributed by atoms with E-state index in [9.17, 15) is 15.0 Å². The molecule has 0 aromatic rings. The number of amides is 1. The van der Waals surface area contributed by atoms with Crippen LogP contribution in [0.15, 0.2) is 60.8 Å². The van der Waals surface area contributed by atoms with E-state index in [1.54, 1.807) is 6.08 Å². The summed E-state index contributed by atoms with van der Waals surface area (Å²) in [6.07, 6.45) is 58.5. The van der Waals surface area contributed by atoms with Crippen molar-refractivity contribution in [2.75, 3.05) is 6.61 Å². The Morgan fingerprint density at radius 3 is 1.28 bits per heavy atom. The molecule has 1 amide bonds. The zero-order valence-corrected chi connectivity index (χ0v) is 33.2. The summed E-state index contributed by atoms with van der Waals surface area (Å²) >= 11 is 0. The van der Waals surface area contributed by atoms with Crippen molar-refractivity contribution >= 4 is 5.91 Å². The molecule has 0 saturated heterocycles. The fourth-order valence-corrected chi connectivity index (χ4v) is 6.24. The van der Waals surface area contributed by atoms with Crippen LogP contribution < -0.4 is 5.32 Å². The van der Waals surface area contributed by atoms with Crippen LogP contribution in [0.4, 0.5) is 0 Å². The standard InChI is InChI=1S/C46H83NO3/c1-3-5-7-8-9-10-11-12-13-14-15-16-17-18-19-20-21-22-23-24-25-26-27-28-29-30-31-32-33-34-35-36-37-38-40-42-46(50)47-44(43-48)45(49)41-39-6-4-2/h5,7,9-10,12-13,15-16,39,41,44-45,48-49H,3-4,6,8,11,14,17-38,40,42-43H2,1-2H3,(H,47,50)/b7-5-,10-9-,13-12-,16-15-,41-39+. The predicted molar refractivity (Wildman–Crippen MR) is 221 cm³/mol. The molecule has 0 aliphatic heterocycles. The summed E-state index contributed by atoms with van der Waals surface area (Å²) in [4.78, 5) is 12.2. The Hall–Kier alpha value is -1.91. The second kappa shape index (κ2) is 41.5. The van der Waals surface area contributed by atoms with Gasteiger partial charge in [0.1, 0.15) is 0 Å². The third-order valence-electron chi connectivity index (χ3n) is 9.49. The highest BCUT2D eigenvalue weighted by Gasteiger charge is 2.17. The maximum Gasteiger partial charge on any atom is 0.220 e. The van der Waals surface area contributed by atoms with Crippen LogP contribution in [0.25, 0.3) is 0 Å². The number of allylic oxidation sites excluding steroid dienone is 9. The number of carbonyl (C=O) groups is 1. The highest BCUT2D eigenvalue weighted by atomic mass is 16.3. The average molecular weight is 698 g/mol. The fourth-order valence-electron chi connectivity index (χ4n) is 6.24. The van der Waals surface area contributed by atoms with Crippen molar-refractivity contribution in [3.05, 3.63) is 60.8 Å². The molecular formula is C46H83NO3. The maximum atomic E-state index is 12.2. The smallest absolute Gasteiger partial charge is 0.220 e. The summed E-state index contributed by atoms with van der Waals surface area (Å²) in [6.45, 7) is 4.00. The molecule has 4 nitrogen and oxygen atoms in total. The number of hydrogen-bond donors (Lipinski definition) is 3. The van der Waals surface area contributed by atoms with Gasteiger partial charge >= 0.3 is 0 Å². The molecule has 0 aromatic carbocycles. The Morgan fingerprint density at radius 1 is 0.500 bits per heavy atom. The molecule has 290 valence electrons. The van der Waals surface area contributed by atoms with Gasteiger partial charge in [-0.25, -0.2) is 0 Å². The van der Waals surface area contributed by atoms with E-state index in [0.29, 0.717) is 6.42 Å². The summed E-state index contributed by atoms with van der Waals surface area (Å²) < 4.78 is 0. The molecule has 0 heterocycles. The Balaban J connectivity index is 3.32. The van der Waals surface area contributed by atoms with Gasteiger partial charge in [-0.3, -0.25) is 4.79 Å². The van der Waals surface area contributed by atoms with E-state index in [4.69, 9.17) is 0 Å². The molecule has 4 heteroatoms. The van der Waals surface area contributed by atoms with Crippen molar-refractivity contribution in [3.63, 3.8) is 0 Å². The SMILES string of the molecule is CC/C=C\C/C=C\C/C=C\C/C=C\CCCCCCCCCCCCCCCCCCCCCCCCC(=O)NC(CO)C(O)/C=C/CCC. The van der Waals surface area contributed by atoms with Crippen molar-refractivity contribution in [2.24, 2.45) is 0 Å². The van der Waals surface area contributed by atoms with E-state index in [1.165, 1.54) is 135 Å². The second-order valence-electron chi connectivity index (χ2n) is 14.4. The largest absolute Gasteiger partial charge is 0.394 e. The van der Waals surface area contributed by atoms with Crippen LogP contribution in [0.5, 0.6) is 0 Å². The first-order valence-corrected chi connectivity index (χ1v) is 21.5. The molecule has 0 aliphatic carbocycles. The van der Waals surface area contributed by atoms with Gasteiger partial charge in [0.2, 0.25) is 5.91 Å². The molecule has 50 heavy (non-hydrogen) atoms. The van der Waals surface area contributed by atoms with E-state index in [1.807, 2.05) is 6.08 Å². The lowest BCUT2D eigenvalue weighted by Gasteiger charge is -2.19. The summed E-state index contributed by atoms with van der Waals surface area (Å²) in [5.74, 6) is -0.0756. The van der Waals surface area contributed by atoms with Gasteiger partial charge in [-0.05, 0) is 51.4 Å². The topological polar surface area (TPSA) is 69.6 Å². The lowest BCUT2D eigenvalue weighted by atomic mass is 10.0. The van der Waals surface area contributed by atoms with Crippen LogP contribution in [-0.4, -0.2) is 34.9 Å². The minimum atomic E-state index is -0.834. The second-order valence-corrected chi connectivity index (χ2v) is 14.4. The molecule has 2 unspecified atom stereocenters. The number of rotatable bonds is 38. The van der Waals surface area contributed by atoms with Crippen molar-refractivity contribution in [3.8, 4) is 0 Å². The molecule has 0 fully saturated rings. The zero-order chi connectivity index (χ0) is 36.4. The Kier molecular flexibility index (Phi) is 39.9. The van der Waals surface area contributed by atoms with E-state index in [2.05, 4.69) is 67.8 Å². The number of aliphatic hydroxyl groups is 2. The first-order valence-electron chi connectivity index (χ1n) is 21.5. The third kappa shape index (κ3) is 37.3. The lowest BCUT2D eigenvalue weighted by Crippen LogP contribution is -2.45. The summed E-state index contributed by atoms with van der Waals surface area (Å²) in [5, 5.41) is 22.4. The Bertz CT molecular complexity index is 842. The molecule has 0 saturated carbocycles. The van der Waals surface area contributed by atoms with Crippen LogP contribution in [0, 0.1) is 0 Å². The third-order valence-corrected chi connectivity index (χ3v) is 9.49. The number of nitrogens with one attached hydrogen (secondary N) is 1. The zero-order valence-electron chi connectivity index (χ0n) is 33.2. The summed E-state index contributed by atoms with van der Waals surface area (Å²) in [5.41, 5.74) is 0. The van der Waals surface area contributed by atoms with E-state index in [-0.39, 0.29) is 12.5 Å².